The minimum atomic E-state index is -0.134. The van der Waals surface area contributed by atoms with Crippen molar-refractivity contribution in [1.29, 1.82) is 0 Å². The Balaban J connectivity index is 1.74. The van der Waals surface area contributed by atoms with E-state index in [2.05, 4.69) is 37.5 Å². The zero-order valence-electron chi connectivity index (χ0n) is 16.9. The Morgan fingerprint density at radius 3 is 2.54 bits per heavy atom. The first-order valence-corrected chi connectivity index (χ1v) is 10.2. The smallest absolute Gasteiger partial charge is 0.251 e. The van der Waals surface area contributed by atoms with Gasteiger partial charge in [-0.25, -0.2) is 14.6 Å². The third-order valence-electron chi connectivity index (χ3n) is 4.40. The van der Waals surface area contributed by atoms with Gasteiger partial charge in [0.25, 0.3) is 5.95 Å². The molecule has 0 bridgehead atoms. The molecule has 0 saturated carbocycles. The fraction of sp³-hybridized carbons (Fsp3) is 0.474. The molecule has 0 aliphatic rings. The Morgan fingerprint density at radius 2 is 1.86 bits per heavy atom. The number of hydrogen-bond acceptors (Lipinski definition) is 7. The largest absolute Gasteiger partial charge is 0.300 e. The van der Waals surface area contributed by atoms with Crippen LogP contribution in [0.5, 0.6) is 0 Å². The average Bonchev–Trinajstić information content (AvgIpc) is 3.18. The van der Waals surface area contributed by atoms with Crippen LogP contribution in [0.25, 0.3) is 5.95 Å². The normalized spacial score (nSPS) is 11.0. The Bertz CT molecular complexity index is 972. The zero-order valence-corrected chi connectivity index (χ0v) is 17.7. The number of anilines is 1. The van der Waals surface area contributed by atoms with E-state index in [1.165, 1.54) is 11.3 Å². The van der Waals surface area contributed by atoms with E-state index in [1.54, 1.807) is 4.68 Å². The van der Waals surface area contributed by atoms with Gasteiger partial charge in [0.2, 0.25) is 11.0 Å². The van der Waals surface area contributed by atoms with E-state index >= 15 is 0 Å². The lowest BCUT2D eigenvalue weighted by molar-refractivity contribution is -0.115. The van der Waals surface area contributed by atoms with Gasteiger partial charge in [-0.2, -0.15) is 5.10 Å². The quantitative estimate of drug-likeness (QED) is 0.655. The molecule has 0 saturated heterocycles. The van der Waals surface area contributed by atoms with Crippen molar-refractivity contribution in [3.8, 4) is 5.95 Å². The molecule has 3 heterocycles. The first kappa shape index (κ1) is 20.1. The molecule has 0 unspecified atom stereocenters. The summed E-state index contributed by atoms with van der Waals surface area (Å²) in [5.41, 5.74) is 4.28. The summed E-state index contributed by atoms with van der Waals surface area (Å²) in [6, 6.07) is 1.92. The van der Waals surface area contributed by atoms with Gasteiger partial charge in [0.05, 0.1) is 12.1 Å². The molecule has 0 aromatic carbocycles. The van der Waals surface area contributed by atoms with Crippen LogP contribution in [0.2, 0.25) is 0 Å². The van der Waals surface area contributed by atoms with E-state index in [4.69, 9.17) is 0 Å². The second-order valence-corrected chi connectivity index (χ2v) is 7.90. The predicted octanol–water partition coefficient (Wildman–Crippen LogP) is 3.27. The Kier molecular flexibility index (Phi) is 6.13. The molecule has 1 N–H and O–H groups in total. The van der Waals surface area contributed by atoms with E-state index in [-0.39, 0.29) is 12.3 Å². The fourth-order valence-corrected chi connectivity index (χ4v) is 3.78. The lowest BCUT2D eigenvalue weighted by Gasteiger charge is -2.06. The van der Waals surface area contributed by atoms with Crippen LogP contribution in [0.15, 0.2) is 6.07 Å². The van der Waals surface area contributed by atoms with Gasteiger partial charge in [-0.15, -0.1) is 10.2 Å². The number of hydrogen-bond donors (Lipinski definition) is 1. The lowest BCUT2D eigenvalue weighted by atomic mass is 10.1. The van der Waals surface area contributed by atoms with Crippen molar-refractivity contribution in [2.75, 3.05) is 5.32 Å². The van der Waals surface area contributed by atoms with Crippen LogP contribution in [0.4, 0.5) is 5.13 Å². The molecule has 0 atom stereocenters. The van der Waals surface area contributed by atoms with E-state index in [1.807, 2.05) is 33.8 Å². The van der Waals surface area contributed by atoms with Gasteiger partial charge < -0.3 is 5.32 Å². The highest BCUT2D eigenvalue weighted by molar-refractivity contribution is 7.15. The summed E-state index contributed by atoms with van der Waals surface area (Å²) in [6.07, 6.45) is 3.28. The van der Waals surface area contributed by atoms with Crippen LogP contribution in [0.3, 0.4) is 0 Å². The molecular formula is C19H25N7OS. The number of rotatable bonds is 7. The molecule has 0 aliphatic carbocycles. The van der Waals surface area contributed by atoms with Crippen LogP contribution < -0.4 is 5.32 Å². The fourth-order valence-electron chi connectivity index (χ4n) is 2.98. The summed E-state index contributed by atoms with van der Waals surface area (Å²) in [5.74, 6) is 0.389. The number of nitrogens with zero attached hydrogens (tertiary/aromatic N) is 6. The average molecular weight is 400 g/mol. The summed E-state index contributed by atoms with van der Waals surface area (Å²) in [4.78, 5) is 21.5. The van der Waals surface area contributed by atoms with Crippen LogP contribution >= 0.6 is 11.3 Å². The van der Waals surface area contributed by atoms with Crippen LogP contribution in [-0.4, -0.2) is 35.9 Å². The Labute approximate surface area is 168 Å². The molecule has 9 heteroatoms. The zero-order chi connectivity index (χ0) is 20.3. The number of carbonyl (C=O) groups excluding carboxylic acids is 1. The maximum Gasteiger partial charge on any atom is 0.251 e. The summed E-state index contributed by atoms with van der Waals surface area (Å²) in [7, 11) is 0. The Morgan fingerprint density at radius 1 is 1.14 bits per heavy atom. The first-order chi connectivity index (χ1) is 13.4. The van der Waals surface area contributed by atoms with Crippen molar-refractivity contribution in [1.82, 2.24) is 29.9 Å². The van der Waals surface area contributed by atoms with Gasteiger partial charge in [0, 0.05) is 29.1 Å². The third kappa shape index (κ3) is 4.59. The summed E-state index contributed by atoms with van der Waals surface area (Å²) in [6.45, 7) is 9.81. The molecule has 0 aliphatic heterocycles. The second-order valence-electron chi connectivity index (χ2n) is 6.84. The van der Waals surface area contributed by atoms with Crippen molar-refractivity contribution in [2.45, 2.75) is 60.3 Å². The topological polar surface area (TPSA) is 98.5 Å². The molecule has 3 aromatic heterocycles. The molecule has 1 amide bonds. The van der Waals surface area contributed by atoms with Crippen molar-refractivity contribution in [2.24, 2.45) is 0 Å². The van der Waals surface area contributed by atoms with Crippen molar-refractivity contribution in [3.05, 3.63) is 39.4 Å². The molecule has 0 spiro atoms. The van der Waals surface area contributed by atoms with Gasteiger partial charge >= 0.3 is 0 Å². The number of aryl methyl sites for hydroxylation is 4. The standard InChI is InChI=1S/C19H25N7OS/c1-6-7-8-17-23-24-19(28-17)22-16(27)10-15-13(4)25-26(14(15)5)18-20-11(2)9-12(3)21-18/h9H,6-8,10H2,1-5H3,(H,22,24,27). The number of aromatic nitrogens is 6. The van der Waals surface area contributed by atoms with E-state index in [0.29, 0.717) is 11.1 Å². The van der Waals surface area contributed by atoms with E-state index in [9.17, 15) is 4.79 Å². The number of unbranched alkanes of at least 4 members (excludes halogenated alkanes) is 1. The maximum absolute atomic E-state index is 12.5. The van der Waals surface area contributed by atoms with Gasteiger partial charge in [-0.1, -0.05) is 24.7 Å². The Hall–Kier alpha value is -2.68. The summed E-state index contributed by atoms with van der Waals surface area (Å²) < 4.78 is 1.70. The van der Waals surface area contributed by atoms with Crippen LogP contribution in [0, 0.1) is 27.7 Å². The highest BCUT2D eigenvalue weighted by Gasteiger charge is 2.18. The first-order valence-electron chi connectivity index (χ1n) is 9.37. The van der Waals surface area contributed by atoms with E-state index < -0.39 is 0 Å². The second kappa shape index (κ2) is 8.55. The van der Waals surface area contributed by atoms with Crippen molar-refractivity contribution >= 4 is 22.4 Å². The molecule has 3 rings (SSSR count). The van der Waals surface area contributed by atoms with Gasteiger partial charge in [-0.05, 0) is 40.2 Å². The summed E-state index contributed by atoms with van der Waals surface area (Å²) >= 11 is 1.43. The van der Waals surface area contributed by atoms with Crippen LogP contribution in [0.1, 0.15) is 53.1 Å². The predicted molar refractivity (Wildman–Crippen MR) is 109 cm³/mol. The van der Waals surface area contributed by atoms with Crippen LogP contribution in [-0.2, 0) is 17.6 Å². The number of carbonyl (C=O) groups is 1. The minimum Gasteiger partial charge on any atom is -0.300 e. The van der Waals surface area contributed by atoms with E-state index in [0.717, 1.165) is 52.6 Å². The number of amides is 1. The minimum absolute atomic E-state index is 0.134. The van der Waals surface area contributed by atoms with Gasteiger partial charge in [-0.3, -0.25) is 4.79 Å². The van der Waals surface area contributed by atoms with Gasteiger partial charge in [0.15, 0.2) is 0 Å². The molecular weight excluding hydrogens is 374 g/mol. The molecule has 28 heavy (non-hydrogen) atoms. The molecule has 0 fully saturated rings. The molecule has 0 radical (unpaired) electrons. The van der Waals surface area contributed by atoms with Gasteiger partial charge in [0.1, 0.15) is 5.01 Å². The third-order valence-corrected chi connectivity index (χ3v) is 5.29. The number of nitrogens with one attached hydrogen (secondary N) is 1. The lowest BCUT2D eigenvalue weighted by Crippen LogP contribution is -2.15. The summed E-state index contributed by atoms with van der Waals surface area (Å²) in [5, 5.41) is 17.1. The van der Waals surface area contributed by atoms with Crippen molar-refractivity contribution < 1.29 is 4.79 Å². The highest BCUT2D eigenvalue weighted by atomic mass is 32.1. The highest BCUT2D eigenvalue weighted by Crippen LogP contribution is 2.20. The molecule has 3 aromatic rings. The molecule has 8 nitrogen and oxygen atoms in total. The van der Waals surface area contributed by atoms with Crippen molar-refractivity contribution in [3.63, 3.8) is 0 Å². The molecule has 148 valence electrons. The monoisotopic (exact) mass is 399 g/mol. The SMILES string of the molecule is CCCCc1nnc(NC(=O)Cc2c(C)nn(-c3nc(C)cc(C)n3)c2C)s1. The maximum atomic E-state index is 12.5.